The molecule has 0 spiro atoms. The topological polar surface area (TPSA) is 41.5 Å². The van der Waals surface area contributed by atoms with E-state index < -0.39 is 0 Å². The molecule has 0 radical (unpaired) electrons. The van der Waals surface area contributed by atoms with Crippen molar-refractivity contribution in [2.24, 2.45) is 22.7 Å². The molecular formula is C18H35NO2. The number of fused-ring (bicyclic) bond motifs is 2. The molecular weight excluding hydrogens is 262 g/mol. The largest absolute Gasteiger partial charge is 0.392 e. The second kappa shape index (κ2) is 6.55. The minimum Gasteiger partial charge on any atom is -0.392 e. The van der Waals surface area contributed by atoms with Gasteiger partial charge in [-0.15, -0.1) is 0 Å². The number of rotatable bonds is 8. The third-order valence-corrected chi connectivity index (χ3v) is 6.42. The first-order valence-electron chi connectivity index (χ1n) is 8.77. The Balaban J connectivity index is 1.68. The van der Waals surface area contributed by atoms with E-state index in [4.69, 9.17) is 4.74 Å². The molecule has 0 aromatic heterocycles. The first-order chi connectivity index (χ1) is 9.77. The molecule has 2 saturated carbocycles. The van der Waals surface area contributed by atoms with Crippen molar-refractivity contribution in [3.8, 4) is 0 Å². The summed E-state index contributed by atoms with van der Waals surface area (Å²) >= 11 is 0. The molecule has 124 valence electrons. The summed E-state index contributed by atoms with van der Waals surface area (Å²) in [5, 5.41) is 13.3. The summed E-state index contributed by atoms with van der Waals surface area (Å²) in [7, 11) is 0. The van der Waals surface area contributed by atoms with Crippen LogP contribution in [0.3, 0.4) is 0 Å². The van der Waals surface area contributed by atoms with E-state index in [1.54, 1.807) is 0 Å². The lowest BCUT2D eigenvalue weighted by Gasteiger charge is -2.39. The Hall–Kier alpha value is -0.120. The Kier molecular flexibility index (Phi) is 5.38. The fourth-order valence-electron chi connectivity index (χ4n) is 4.37. The smallest absolute Gasteiger partial charge is 0.0686 e. The van der Waals surface area contributed by atoms with Crippen LogP contribution in [-0.2, 0) is 4.74 Å². The normalized spacial score (nSPS) is 35.6. The summed E-state index contributed by atoms with van der Waals surface area (Å²) in [6.45, 7) is 13.9. The highest BCUT2D eigenvalue weighted by Gasteiger charge is 2.61. The molecule has 2 bridgehead atoms. The van der Waals surface area contributed by atoms with Gasteiger partial charge in [0.1, 0.15) is 0 Å². The zero-order chi connectivity index (χ0) is 15.7. The van der Waals surface area contributed by atoms with E-state index >= 15 is 0 Å². The van der Waals surface area contributed by atoms with E-state index in [0.717, 1.165) is 18.9 Å². The van der Waals surface area contributed by atoms with Crippen LogP contribution in [0.15, 0.2) is 0 Å². The molecule has 0 aromatic rings. The van der Waals surface area contributed by atoms with Crippen LogP contribution in [0.25, 0.3) is 0 Å². The van der Waals surface area contributed by atoms with Gasteiger partial charge in [-0.05, 0) is 54.9 Å². The highest BCUT2D eigenvalue weighted by molar-refractivity contribution is 5.11. The van der Waals surface area contributed by atoms with Gasteiger partial charge in [-0.2, -0.15) is 0 Å². The van der Waals surface area contributed by atoms with Gasteiger partial charge in [0.25, 0.3) is 0 Å². The van der Waals surface area contributed by atoms with Gasteiger partial charge < -0.3 is 15.2 Å². The van der Waals surface area contributed by atoms with E-state index in [1.807, 2.05) is 0 Å². The molecule has 0 aliphatic heterocycles. The van der Waals surface area contributed by atoms with Crippen LogP contribution in [0.1, 0.15) is 60.3 Å². The van der Waals surface area contributed by atoms with Crippen LogP contribution in [-0.4, -0.2) is 37.0 Å². The third kappa shape index (κ3) is 3.46. The molecule has 0 saturated heterocycles. The van der Waals surface area contributed by atoms with Gasteiger partial charge in [0.15, 0.2) is 0 Å². The maximum absolute atomic E-state index is 9.99. The quantitative estimate of drug-likeness (QED) is 0.723. The minimum absolute atomic E-state index is 0.289. The molecule has 0 unspecified atom stereocenters. The molecule has 21 heavy (non-hydrogen) atoms. The Morgan fingerprint density at radius 3 is 2.48 bits per heavy atom. The van der Waals surface area contributed by atoms with Crippen molar-refractivity contribution in [1.29, 1.82) is 0 Å². The van der Waals surface area contributed by atoms with E-state index in [9.17, 15) is 5.11 Å². The maximum Gasteiger partial charge on any atom is 0.0686 e. The van der Waals surface area contributed by atoms with Crippen molar-refractivity contribution in [3.63, 3.8) is 0 Å². The van der Waals surface area contributed by atoms with Crippen molar-refractivity contribution in [2.45, 2.75) is 72.5 Å². The summed E-state index contributed by atoms with van der Waals surface area (Å²) in [5.41, 5.74) is 0.744. The van der Waals surface area contributed by atoms with Crippen LogP contribution in [0.2, 0.25) is 0 Å². The Bertz CT molecular complexity index is 342. The number of nitrogens with one attached hydrogen (secondary N) is 1. The van der Waals surface area contributed by atoms with Crippen LogP contribution in [0.4, 0.5) is 0 Å². The number of ether oxygens (including phenoxy) is 1. The van der Waals surface area contributed by atoms with E-state index in [2.05, 4.69) is 39.9 Å². The molecule has 4 atom stereocenters. The number of hydrogen-bond acceptors (Lipinski definition) is 3. The highest BCUT2D eigenvalue weighted by atomic mass is 16.5. The monoisotopic (exact) mass is 297 g/mol. The highest BCUT2D eigenvalue weighted by Crippen LogP contribution is 2.66. The van der Waals surface area contributed by atoms with Crippen LogP contribution in [0.5, 0.6) is 0 Å². The fraction of sp³-hybridized carbons (Fsp3) is 1.00. The lowest BCUT2D eigenvalue weighted by atomic mass is 9.70. The molecule has 2 N–H and O–H groups in total. The lowest BCUT2D eigenvalue weighted by molar-refractivity contribution is -0.0546. The van der Waals surface area contributed by atoms with Gasteiger partial charge in [0.2, 0.25) is 0 Å². The van der Waals surface area contributed by atoms with Crippen molar-refractivity contribution in [1.82, 2.24) is 5.32 Å². The minimum atomic E-state index is -0.289. The SMILES string of the molecule is CC(C)CNC[C@@H](O)CCO[C@@H]1C[C@@H]2CC[C@]1(C)C2(C)C. The van der Waals surface area contributed by atoms with Gasteiger partial charge >= 0.3 is 0 Å². The summed E-state index contributed by atoms with van der Waals surface area (Å²) in [6.07, 6.45) is 4.72. The summed E-state index contributed by atoms with van der Waals surface area (Å²) in [6, 6.07) is 0. The first kappa shape index (κ1) is 17.2. The zero-order valence-electron chi connectivity index (χ0n) is 14.6. The second-order valence-electron chi connectivity index (χ2n) is 8.46. The van der Waals surface area contributed by atoms with E-state index in [0.29, 0.717) is 36.0 Å². The van der Waals surface area contributed by atoms with Crippen molar-refractivity contribution in [2.75, 3.05) is 19.7 Å². The zero-order valence-corrected chi connectivity index (χ0v) is 14.6. The van der Waals surface area contributed by atoms with Gasteiger partial charge in [-0.25, -0.2) is 0 Å². The Labute approximate surface area is 130 Å². The van der Waals surface area contributed by atoms with Crippen molar-refractivity contribution >= 4 is 0 Å². The fourth-order valence-corrected chi connectivity index (χ4v) is 4.37. The van der Waals surface area contributed by atoms with Gasteiger partial charge in [0, 0.05) is 13.2 Å². The van der Waals surface area contributed by atoms with Crippen molar-refractivity contribution < 1.29 is 9.84 Å². The van der Waals surface area contributed by atoms with Crippen LogP contribution in [0, 0.1) is 22.7 Å². The number of aliphatic hydroxyl groups excluding tert-OH is 1. The van der Waals surface area contributed by atoms with Crippen LogP contribution >= 0.6 is 0 Å². The second-order valence-corrected chi connectivity index (χ2v) is 8.46. The molecule has 0 amide bonds. The predicted octanol–water partition coefficient (Wildman–Crippen LogP) is 3.21. The molecule has 0 heterocycles. The van der Waals surface area contributed by atoms with Crippen LogP contribution < -0.4 is 5.32 Å². The third-order valence-electron chi connectivity index (χ3n) is 6.42. The Morgan fingerprint density at radius 2 is 1.95 bits per heavy atom. The molecule has 2 aliphatic rings. The molecule has 0 aromatic carbocycles. The average Bonchev–Trinajstić information content (AvgIpc) is 2.71. The van der Waals surface area contributed by atoms with Crippen molar-refractivity contribution in [3.05, 3.63) is 0 Å². The van der Waals surface area contributed by atoms with E-state index in [1.165, 1.54) is 19.3 Å². The molecule has 3 nitrogen and oxygen atoms in total. The van der Waals surface area contributed by atoms with Gasteiger partial charge in [-0.1, -0.05) is 34.6 Å². The number of hydrogen-bond donors (Lipinski definition) is 2. The van der Waals surface area contributed by atoms with Gasteiger partial charge in [-0.3, -0.25) is 0 Å². The molecule has 2 rings (SSSR count). The maximum atomic E-state index is 9.99. The lowest BCUT2D eigenvalue weighted by Crippen LogP contribution is -2.38. The summed E-state index contributed by atoms with van der Waals surface area (Å²) in [4.78, 5) is 0. The number of aliphatic hydroxyl groups is 1. The average molecular weight is 297 g/mol. The van der Waals surface area contributed by atoms with Gasteiger partial charge in [0.05, 0.1) is 12.2 Å². The summed E-state index contributed by atoms with van der Waals surface area (Å²) < 4.78 is 6.19. The Morgan fingerprint density at radius 1 is 1.24 bits per heavy atom. The summed E-state index contributed by atoms with van der Waals surface area (Å²) in [5.74, 6) is 1.45. The molecule has 3 heteroatoms. The molecule has 2 aliphatic carbocycles. The predicted molar refractivity (Wildman–Crippen MR) is 87.3 cm³/mol. The van der Waals surface area contributed by atoms with E-state index in [-0.39, 0.29) is 6.10 Å². The molecule has 2 fully saturated rings. The first-order valence-corrected chi connectivity index (χ1v) is 8.77. The standard InChI is InChI=1S/C18H35NO2/c1-13(2)11-19-12-15(20)7-9-21-16-10-14-6-8-18(16,5)17(14,3)4/h13-16,19-20H,6-12H2,1-5H3/t14-,15-,16+,18-/m0/s1.